The van der Waals surface area contributed by atoms with Crippen molar-refractivity contribution in [3.63, 3.8) is 0 Å². The summed E-state index contributed by atoms with van der Waals surface area (Å²) in [6.45, 7) is 7.43. The second-order valence-corrected chi connectivity index (χ2v) is 4.56. The number of nitrogens with zero attached hydrogens (tertiary/aromatic N) is 3. The predicted molar refractivity (Wildman–Crippen MR) is 74.2 cm³/mol. The predicted octanol–water partition coefficient (Wildman–Crippen LogP) is 3.03. The van der Waals surface area contributed by atoms with Crippen LogP contribution in [0.4, 0.5) is 5.82 Å². The summed E-state index contributed by atoms with van der Waals surface area (Å²) in [7, 11) is 0. The van der Waals surface area contributed by atoms with E-state index in [2.05, 4.69) is 22.3 Å². The van der Waals surface area contributed by atoms with Crippen LogP contribution in [0.5, 0.6) is 0 Å². The van der Waals surface area contributed by atoms with E-state index in [0.717, 1.165) is 34.5 Å². The molecule has 2 heterocycles. The number of nitrogens with one attached hydrogen (secondary N) is 1. The minimum Gasteiger partial charge on any atom is -0.370 e. The molecule has 0 amide bonds. The van der Waals surface area contributed by atoms with Crippen LogP contribution in [0, 0.1) is 13.8 Å². The summed E-state index contributed by atoms with van der Waals surface area (Å²) in [5.74, 6) is 0.891. The van der Waals surface area contributed by atoms with Crippen LogP contribution in [0.15, 0.2) is 18.2 Å². The lowest BCUT2D eigenvalue weighted by Gasteiger charge is -2.07. The number of anilines is 1. The number of halogens is 1. The van der Waals surface area contributed by atoms with Crippen LogP contribution in [-0.2, 0) is 6.54 Å². The quantitative estimate of drug-likeness (QED) is 0.923. The Kier molecular flexibility index (Phi) is 3.87. The summed E-state index contributed by atoms with van der Waals surface area (Å²) < 4.78 is 1.88. The van der Waals surface area contributed by atoms with Crippen LogP contribution in [0.2, 0.25) is 5.02 Å². The maximum absolute atomic E-state index is 6.13. The third-order valence-corrected chi connectivity index (χ3v) is 3.32. The smallest absolute Gasteiger partial charge is 0.126 e. The Bertz CT molecular complexity index is 548. The highest BCUT2D eigenvalue weighted by molar-refractivity contribution is 6.31. The Balaban J connectivity index is 2.23. The fraction of sp³-hybridized carbons (Fsp3) is 0.385. The topological polar surface area (TPSA) is 42.7 Å². The average Bonchev–Trinajstić information content (AvgIpc) is 2.58. The van der Waals surface area contributed by atoms with Crippen molar-refractivity contribution in [1.29, 1.82) is 0 Å². The zero-order chi connectivity index (χ0) is 13.1. The monoisotopic (exact) mass is 264 g/mol. The van der Waals surface area contributed by atoms with Crippen LogP contribution >= 0.6 is 11.6 Å². The molecular formula is C13H17ClN4. The number of aromatic nitrogens is 3. The van der Waals surface area contributed by atoms with Gasteiger partial charge in [-0.05, 0) is 32.9 Å². The molecule has 2 rings (SSSR count). The largest absolute Gasteiger partial charge is 0.370 e. The Labute approximate surface area is 112 Å². The fourth-order valence-corrected chi connectivity index (χ4v) is 1.97. The van der Waals surface area contributed by atoms with E-state index < -0.39 is 0 Å². The van der Waals surface area contributed by atoms with Gasteiger partial charge in [0.15, 0.2) is 0 Å². The van der Waals surface area contributed by atoms with Crippen molar-refractivity contribution >= 4 is 17.4 Å². The van der Waals surface area contributed by atoms with Crippen molar-refractivity contribution < 1.29 is 0 Å². The summed E-state index contributed by atoms with van der Waals surface area (Å²) >= 11 is 6.13. The lowest BCUT2D eigenvalue weighted by molar-refractivity contribution is 0.647. The lowest BCUT2D eigenvalue weighted by Crippen LogP contribution is -2.07. The van der Waals surface area contributed by atoms with E-state index >= 15 is 0 Å². The molecule has 0 atom stereocenters. The van der Waals surface area contributed by atoms with E-state index in [1.54, 1.807) is 0 Å². The molecule has 0 unspecified atom stereocenters. The lowest BCUT2D eigenvalue weighted by atomic mass is 10.3. The highest BCUT2D eigenvalue weighted by atomic mass is 35.5. The Hall–Kier alpha value is -1.55. The molecule has 4 nitrogen and oxygen atoms in total. The number of hydrogen-bond acceptors (Lipinski definition) is 3. The van der Waals surface area contributed by atoms with Crippen LogP contribution in [0.1, 0.15) is 24.0 Å². The highest BCUT2D eigenvalue weighted by Gasteiger charge is 2.09. The number of hydrogen-bond donors (Lipinski definition) is 1. The Morgan fingerprint density at radius 1 is 1.33 bits per heavy atom. The van der Waals surface area contributed by atoms with Gasteiger partial charge in [-0.3, -0.25) is 4.68 Å². The molecule has 2 aromatic rings. The van der Waals surface area contributed by atoms with Crippen LogP contribution in [0.25, 0.3) is 0 Å². The first-order valence-electron chi connectivity index (χ1n) is 6.01. The average molecular weight is 265 g/mol. The van der Waals surface area contributed by atoms with Crippen LogP contribution in [-0.4, -0.2) is 21.3 Å². The molecule has 2 aromatic heterocycles. The molecule has 5 heteroatoms. The Morgan fingerprint density at radius 3 is 2.72 bits per heavy atom. The molecule has 0 bridgehead atoms. The van der Waals surface area contributed by atoms with Gasteiger partial charge in [0, 0.05) is 6.54 Å². The van der Waals surface area contributed by atoms with E-state index in [4.69, 9.17) is 11.6 Å². The molecular weight excluding hydrogens is 248 g/mol. The maximum Gasteiger partial charge on any atom is 0.126 e. The second kappa shape index (κ2) is 5.40. The first kappa shape index (κ1) is 12.9. The molecule has 0 saturated heterocycles. The zero-order valence-electron chi connectivity index (χ0n) is 10.9. The molecule has 0 fully saturated rings. The molecule has 1 N–H and O–H groups in total. The van der Waals surface area contributed by atoms with Crippen molar-refractivity contribution in [2.24, 2.45) is 0 Å². The highest BCUT2D eigenvalue weighted by Crippen LogP contribution is 2.19. The second-order valence-electron chi connectivity index (χ2n) is 4.19. The van der Waals surface area contributed by atoms with Gasteiger partial charge in [-0.2, -0.15) is 5.10 Å². The van der Waals surface area contributed by atoms with Gasteiger partial charge in [0.05, 0.1) is 28.6 Å². The van der Waals surface area contributed by atoms with Crippen LogP contribution in [0.3, 0.4) is 0 Å². The van der Waals surface area contributed by atoms with Gasteiger partial charge in [0.1, 0.15) is 5.82 Å². The number of pyridine rings is 1. The molecule has 0 aliphatic rings. The van der Waals surface area contributed by atoms with Gasteiger partial charge in [0.25, 0.3) is 0 Å². The fourth-order valence-electron chi connectivity index (χ4n) is 1.83. The van der Waals surface area contributed by atoms with Crippen molar-refractivity contribution in [1.82, 2.24) is 14.8 Å². The minimum absolute atomic E-state index is 0.638. The van der Waals surface area contributed by atoms with Gasteiger partial charge in [-0.15, -0.1) is 0 Å². The third-order valence-electron chi connectivity index (χ3n) is 2.77. The molecule has 96 valence electrons. The van der Waals surface area contributed by atoms with E-state index in [-0.39, 0.29) is 0 Å². The zero-order valence-corrected chi connectivity index (χ0v) is 11.6. The number of aryl methyl sites for hydroxylation is 1. The van der Waals surface area contributed by atoms with Crippen molar-refractivity contribution in [2.75, 3.05) is 11.9 Å². The Morgan fingerprint density at radius 2 is 2.11 bits per heavy atom. The molecule has 0 aromatic carbocycles. The molecule has 0 saturated carbocycles. The van der Waals surface area contributed by atoms with Gasteiger partial charge in [-0.1, -0.05) is 17.7 Å². The standard InChI is InChI=1S/C13H17ClN4/c1-4-15-12-7-5-6-11(16-12)8-18-10(3)13(14)9(2)17-18/h5-7H,4,8H2,1-3H3,(H,15,16). The first-order valence-corrected chi connectivity index (χ1v) is 6.39. The normalized spacial score (nSPS) is 10.7. The summed E-state index contributed by atoms with van der Waals surface area (Å²) in [5.41, 5.74) is 2.80. The molecule has 0 radical (unpaired) electrons. The van der Waals surface area contributed by atoms with E-state index in [1.807, 2.05) is 36.7 Å². The summed E-state index contributed by atoms with van der Waals surface area (Å²) in [4.78, 5) is 4.52. The SMILES string of the molecule is CCNc1cccc(Cn2nc(C)c(Cl)c2C)n1. The summed E-state index contributed by atoms with van der Waals surface area (Å²) in [6, 6.07) is 5.94. The third kappa shape index (κ3) is 2.64. The maximum atomic E-state index is 6.13. The van der Waals surface area contributed by atoms with Crippen LogP contribution < -0.4 is 5.32 Å². The molecule has 0 spiro atoms. The van der Waals surface area contributed by atoms with Crippen molar-refractivity contribution in [3.05, 3.63) is 40.3 Å². The van der Waals surface area contributed by atoms with E-state index in [1.165, 1.54) is 0 Å². The van der Waals surface area contributed by atoms with E-state index in [0.29, 0.717) is 6.54 Å². The summed E-state index contributed by atoms with van der Waals surface area (Å²) in [6.07, 6.45) is 0. The molecule has 0 aliphatic carbocycles. The molecule has 0 aliphatic heterocycles. The summed E-state index contributed by atoms with van der Waals surface area (Å²) in [5, 5.41) is 8.34. The van der Waals surface area contributed by atoms with Gasteiger partial charge < -0.3 is 5.32 Å². The van der Waals surface area contributed by atoms with Gasteiger partial charge in [-0.25, -0.2) is 4.98 Å². The van der Waals surface area contributed by atoms with Crippen molar-refractivity contribution in [3.8, 4) is 0 Å². The number of rotatable bonds is 4. The van der Waals surface area contributed by atoms with Gasteiger partial charge in [0.2, 0.25) is 0 Å². The molecule has 18 heavy (non-hydrogen) atoms. The first-order chi connectivity index (χ1) is 8.61. The van der Waals surface area contributed by atoms with Gasteiger partial charge >= 0.3 is 0 Å². The van der Waals surface area contributed by atoms with Crippen molar-refractivity contribution in [2.45, 2.75) is 27.3 Å². The van der Waals surface area contributed by atoms with E-state index in [9.17, 15) is 0 Å². The minimum atomic E-state index is 0.638.